The van der Waals surface area contributed by atoms with E-state index in [9.17, 15) is 29.4 Å². The zero-order valence-corrected chi connectivity index (χ0v) is 19.4. The molecule has 0 aromatic rings. The molecule has 0 saturated heterocycles. The Labute approximate surface area is 189 Å². The SMILES string of the molecule is CC(=O)CC(=O)O[C@]1(C(=O)CO)CC[C@H]2[C@@H]3CC[C@@H]4C[C@H](O)CC[C@]4(C)[C@H]3C(=O)C[C@@]21C. The second-order valence-electron chi connectivity index (χ2n) is 11.3. The molecular weight excluding hydrogens is 412 g/mol. The second kappa shape index (κ2) is 8.01. The summed E-state index contributed by atoms with van der Waals surface area (Å²) in [6.07, 6.45) is 4.39. The van der Waals surface area contributed by atoms with Gasteiger partial charge in [-0.1, -0.05) is 13.8 Å². The van der Waals surface area contributed by atoms with E-state index in [1.807, 2.05) is 6.92 Å². The Morgan fingerprint density at radius 1 is 1.09 bits per heavy atom. The molecule has 0 aromatic carbocycles. The van der Waals surface area contributed by atoms with Crippen LogP contribution in [0.25, 0.3) is 0 Å². The molecular formula is C25H36O7. The van der Waals surface area contributed by atoms with Crippen molar-refractivity contribution in [3.05, 3.63) is 0 Å². The van der Waals surface area contributed by atoms with Crippen LogP contribution < -0.4 is 0 Å². The van der Waals surface area contributed by atoms with Crippen LogP contribution >= 0.6 is 0 Å². The minimum absolute atomic E-state index is 0.0236. The predicted octanol–water partition coefficient (Wildman–Crippen LogP) is 2.39. The van der Waals surface area contributed by atoms with Crippen molar-refractivity contribution in [2.75, 3.05) is 6.61 Å². The number of rotatable bonds is 5. The Hall–Kier alpha value is -1.60. The van der Waals surface area contributed by atoms with Crippen molar-refractivity contribution in [1.82, 2.24) is 0 Å². The summed E-state index contributed by atoms with van der Waals surface area (Å²) in [5.74, 6) is -1.27. The summed E-state index contributed by atoms with van der Waals surface area (Å²) in [6, 6.07) is 0. The molecule has 4 saturated carbocycles. The van der Waals surface area contributed by atoms with Gasteiger partial charge in [-0.25, -0.2) is 0 Å². The highest BCUT2D eigenvalue weighted by Gasteiger charge is 2.70. The first-order valence-corrected chi connectivity index (χ1v) is 12.0. The highest BCUT2D eigenvalue weighted by atomic mass is 16.6. The van der Waals surface area contributed by atoms with Crippen LogP contribution in [-0.4, -0.2) is 51.8 Å². The zero-order valence-electron chi connectivity index (χ0n) is 19.4. The number of hydrogen-bond donors (Lipinski definition) is 2. The largest absolute Gasteiger partial charge is 0.450 e. The summed E-state index contributed by atoms with van der Waals surface area (Å²) < 4.78 is 5.75. The van der Waals surface area contributed by atoms with Gasteiger partial charge in [0.05, 0.1) is 6.10 Å². The molecule has 32 heavy (non-hydrogen) atoms. The van der Waals surface area contributed by atoms with Gasteiger partial charge in [0.15, 0.2) is 5.60 Å². The zero-order chi connectivity index (χ0) is 23.5. The fourth-order valence-electron chi connectivity index (χ4n) is 8.28. The lowest BCUT2D eigenvalue weighted by Crippen LogP contribution is -2.63. The Morgan fingerprint density at radius 2 is 1.81 bits per heavy atom. The average Bonchev–Trinajstić information content (AvgIpc) is 2.99. The van der Waals surface area contributed by atoms with E-state index < -0.39 is 35.8 Å². The van der Waals surface area contributed by atoms with E-state index in [0.717, 1.165) is 25.7 Å². The van der Waals surface area contributed by atoms with Gasteiger partial charge in [0.1, 0.15) is 24.6 Å². The molecule has 0 aromatic heterocycles. The number of ether oxygens (including phenoxy) is 1. The highest BCUT2D eigenvalue weighted by Crippen LogP contribution is 2.68. The Balaban J connectivity index is 1.70. The number of carbonyl (C=O) groups excluding carboxylic acids is 4. The van der Waals surface area contributed by atoms with Gasteiger partial charge in [0.2, 0.25) is 5.78 Å². The fourth-order valence-corrected chi connectivity index (χ4v) is 8.28. The second-order valence-corrected chi connectivity index (χ2v) is 11.3. The van der Waals surface area contributed by atoms with Crippen LogP contribution in [-0.2, 0) is 23.9 Å². The van der Waals surface area contributed by atoms with Gasteiger partial charge in [-0.2, -0.15) is 0 Å². The van der Waals surface area contributed by atoms with E-state index in [4.69, 9.17) is 4.74 Å². The Morgan fingerprint density at radius 3 is 2.47 bits per heavy atom. The van der Waals surface area contributed by atoms with Gasteiger partial charge < -0.3 is 14.9 Å². The predicted molar refractivity (Wildman–Crippen MR) is 114 cm³/mol. The third-order valence-electron chi connectivity index (χ3n) is 9.72. The molecule has 0 heterocycles. The first-order valence-electron chi connectivity index (χ1n) is 12.0. The molecule has 0 spiro atoms. The maximum atomic E-state index is 13.7. The van der Waals surface area contributed by atoms with Gasteiger partial charge in [0.25, 0.3) is 0 Å². The third kappa shape index (κ3) is 3.30. The fraction of sp³-hybridized carbons (Fsp3) is 0.840. The first kappa shape index (κ1) is 23.6. The smallest absolute Gasteiger partial charge is 0.314 e. The number of aliphatic hydroxyl groups is 2. The van der Waals surface area contributed by atoms with E-state index in [0.29, 0.717) is 18.8 Å². The minimum Gasteiger partial charge on any atom is -0.450 e. The van der Waals surface area contributed by atoms with E-state index in [-0.39, 0.29) is 53.7 Å². The van der Waals surface area contributed by atoms with Crippen molar-refractivity contribution >= 4 is 23.3 Å². The van der Waals surface area contributed by atoms with Crippen LogP contribution in [0.4, 0.5) is 0 Å². The van der Waals surface area contributed by atoms with E-state index in [1.54, 1.807) is 0 Å². The van der Waals surface area contributed by atoms with Crippen LogP contribution in [0.2, 0.25) is 0 Å². The summed E-state index contributed by atoms with van der Waals surface area (Å²) >= 11 is 0. The summed E-state index contributed by atoms with van der Waals surface area (Å²) in [5.41, 5.74) is -2.62. The number of hydrogen-bond acceptors (Lipinski definition) is 7. The van der Waals surface area contributed by atoms with Crippen molar-refractivity contribution in [3.63, 3.8) is 0 Å². The molecule has 8 atom stereocenters. The maximum Gasteiger partial charge on any atom is 0.314 e. The molecule has 0 bridgehead atoms. The number of carbonyl (C=O) groups is 4. The van der Waals surface area contributed by atoms with Crippen molar-refractivity contribution in [2.24, 2.45) is 34.5 Å². The van der Waals surface area contributed by atoms with Crippen LogP contribution in [0.1, 0.15) is 78.6 Å². The van der Waals surface area contributed by atoms with Gasteiger partial charge in [0, 0.05) is 17.8 Å². The number of esters is 1. The van der Waals surface area contributed by atoms with Gasteiger partial charge in [-0.05, 0) is 75.0 Å². The summed E-state index contributed by atoms with van der Waals surface area (Å²) in [6.45, 7) is 4.59. The van der Waals surface area contributed by atoms with Crippen molar-refractivity contribution < 1.29 is 34.1 Å². The molecule has 2 N–H and O–H groups in total. The van der Waals surface area contributed by atoms with E-state index in [2.05, 4.69) is 6.92 Å². The molecule has 7 nitrogen and oxygen atoms in total. The lowest BCUT2D eigenvalue weighted by molar-refractivity contribution is -0.196. The molecule has 178 valence electrons. The summed E-state index contributed by atoms with van der Waals surface area (Å²) in [4.78, 5) is 50.8. The average molecular weight is 449 g/mol. The van der Waals surface area contributed by atoms with Crippen molar-refractivity contribution in [3.8, 4) is 0 Å². The monoisotopic (exact) mass is 448 g/mol. The molecule has 4 aliphatic carbocycles. The lowest BCUT2D eigenvalue weighted by atomic mass is 9.44. The Bertz CT molecular complexity index is 836. The number of Topliss-reactive ketones (excluding diaryl/α,β-unsaturated/α-hetero) is 3. The molecule has 4 fully saturated rings. The molecule has 7 heteroatoms. The number of aliphatic hydroxyl groups excluding tert-OH is 2. The minimum atomic E-state index is -1.57. The molecule has 0 aliphatic heterocycles. The quantitative estimate of drug-likeness (QED) is 0.490. The number of fused-ring (bicyclic) bond motifs is 5. The highest BCUT2D eigenvalue weighted by molar-refractivity contribution is 5.98. The first-order chi connectivity index (χ1) is 15.0. The van der Waals surface area contributed by atoms with Gasteiger partial charge in [-0.15, -0.1) is 0 Å². The van der Waals surface area contributed by atoms with Crippen LogP contribution in [0, 0.1) is 34.5 Å². The van der Waals surface area contributed by atoms with Crippen LogP contribution in [0.5, 0.6) is 0 Å². The van der Waals surface area contributed by atoms with Crippen LogP contribution in [0.3, 0.4) is 0 Å². The summed E-state index contributed by atoms with van der Waals surface area (Å²) in [5, 5.41) is 20.0. The van der Waals surface area contributed by atoms with Crippen LogP contribution in [0.15, 0.2) is 0 Å². The third-order valence-corrected chi connectivity index (χ3v) is 9.72. The summed E-state index contributed by atoms with van der Waals surface area (Å²) in [7, 11) is 0. The van der Waals surface area contributed by atoms with E-state index >= 15 is 0 Å². The molecule has 0 unspecified atom stereocenters. The molecule has 0 radical (unpaired) electrons. The maximum absolute atomic E-state index is 13.7. The molecule has 0 amide bonds. The van der Waals surface area contributed by atoms with Gasteiger partial charge in [-0.3, -0.25) is 19.2 Å². The molecule has 4 rings (SSSR count). The normalized spacial score (nSPS) is 45.4. The number of ketones is 3. The lowest BCUT2D eigenvalue weighted by Gasteiger charge is -2.60. The Kier molecular flexibility index (Phi) is 5.90. The van der Waals surface area contributed by atoms with Gasteiger partial charge >= 0.3 is 5.97 Å². The standard InChI is InChI=1S/C25H36O7/c1-14(27)10-21(31)32-25(20(30)13-26)9-7-18-17-5-4-15-11-16(28)6-8-23(15,2)22(17)19(29)12-24(18,25)3/h15-18,22,26,28H,4-13H2,1-3H3/t15-,16-,17+,18+,22-,23+,24+,25+/m1/s1. The molecule has 4 aliphatic rings. The van der Waals surface area contributed by atoms with Crippen molar-refractivity contribution in [2.45, 2.75) is 90.3 Å². The topological polar surface area (TPSA) is 118 Å². The van der Waals surface area contributed by atoms with Crippen molar-refractivity contribution in [1.29, 1.82) is 0 Å². The van der Waals surface area contributed by atoms with E-state index in [1.165, 1.54) is 6.92 Å².